The van der Waals surface area contributed by atoms with Crippen LogP contribution in [0.2, 0.25) is 5.02 Å². The number of hydrogen-bond donors (Lipinski definition) is 2. The van der Waals surface area contributed by atoms with Gasteiger partial charge in [-0.3, -0.25) is 4.79 Å². The van der Waals surface area contributed by atoms with Gasteiger partial charge in [0, 0.05) is 16.1 Å². The van der Waals surface area contributed by atoms with Crippen LogP contribution in [0.5, 0.6) is 0 Å². The van der Waals surface area contributed by atoms with Gasteiger partial charge in [0.25, 0.3) is 5.91 Å². The average molecular weight is 384 g/mol. The fraction of sp³-hybridized carbons (Fsp3) is 0.312. The van der Waals surface area contributed by atoms with E-state index in [1.54, 1.807) is 6.07 Å². The van der Waals surface area contributed by atoms with Crippen molar-refractivity contribution in [1.29, 1.82) is 0 Å². The lowest BCUT2D eigenvalue weighted by Crippen LogP contribution is -2.39. The average Bonchev–Trinajstić information content (AvgIpc) is 3.03. The number of thiazole rings is 1. The summed E-state index contributed by atoms with van der Waals surface area (Å²) in [6.07, 6.45) is 2.20. The second-order valence-corrected chi connectivity index (χ2v) is 8.20. The maximum absolute atomic E-state index is 13.5. The molecule has 1 aliphatic heterocycles. The second kappa shape index (κ2) is 6.38. The van der Waals surface area contributed by atoms with Crippen LogP contribution in [-0.2, 0) is 0 Å². The number of amides is 1. The Morgan fingerprint density at radius 1 is 1.50 bits per heavy atom. The van der Waals surface area contributed by atoms with E-state index in [0.29, 0.717) is 20.4 Å². The van der Waals surface area contributed by atoms with Crippen LogP contribution in [0.15, 0.2) is 24.4 Å². The number of hydrogen-bond acceptors (Lipinski definition) is 4. The van der Waals surface area contributed by atoms with Gasteiger partial charge in [0.2, 0.25) is 0 Å². The van der Waals surface area contributed by atoms with Gasteiger partial charge in [-0.25, -0.2) is 9.37 Å². The van der Waals surface area contributed by atoms with Crippen LogP contribution < -0.4 is 10.6 Å². The van der Waals surface area contributed by atoms with E-state index in [-0.39, 0.29) is 22.5 Å². The monoisotopic (exact) mass is 383 g/mol. The Kier molecular flexibility index (Phi) is 4.59. The summed E-state index contributed by atoms with van der Waals surface area (Å²) in [7, 11) is 0. The van der Waals surface area contributed by atoms with E-state index >= 15 is 0 Å². The molecule has 0 unspecified atom stereocenters. The third-order valence-corrected chi connectivity index (χ3v) is 5.29. The maximum atomic E-state index is 13.5. The van der Waals surface area contributed by atoms with Gasteiger partial charge in [0.15, 0.2) is 0 Å². The molecule has 1 aromatic heterocycles. The highest BCUT2D eigenvalue weighted by Gasteiger charge is 2.35. The van der Waals surface area contributed by atoms with Gasteiger partial charge in [-0.15, -0.1) is 11.3 Å². The zero-order valence-electron chi connectivity index (χ0n) is 13.0. The van der Waals surface area contributed by atoms with Crippen molar-refractivity contribution in [3.8, 4) is 10.6 Å². The van der Waals surface area contributed by atoms with Crippen LogP contribution in [0.4, 0.5) is 4.39 Å². The summed E-state index contributed by atoms with van der Waals surface area (Å²) in [4.78, 5) is 17.7. The molecule has 0 bridgehead atoms. The molecule has 1 aliphatic rings. The number of nitrogens with one attached hydrogen (secondary N) is 2. The van der Waals surface area contributed by atoms with Crippen molar-refractivity contribution in [2.75, 3.05) is 0 Å². The molecule has 3 rings (SSSR count). The zero-order valence-corrected chi connectivity index (χ0v) is 15.4. The van der Waals surface area contributed by atoms with E-state index in [1.807, 2.05) is 13.8 Å². The lowest BCUT2D eigenvalue weighted by atomic mass is 10.0. The Balaban J connectivity index is 1.76. The molecule has 4 nitrogen and oxygen atoms in total. The number of benzene rings is 1. The first-order chi connectivity index (χ1) is 11.2. The molecule has 1 atom stereocenters. The third kappa shape index (κ3) is 3.74. The molecule has 1 aromatic carbocycles. The van der Waals surface area contributed by atoms with Crippen LogP contribution in [0, 0.1) is 5.82 Å². The number of nitrogens with zero attached hydrogens (tertiary/aromatic N) is 1. The first kappa shape index (κ1) is 17.3. The Morgan fingerprint density at radius 2 is 2.25 bits per heavy atom. The summed E-state index contributed by atoms with van der Waals surface area (Å²) >= 11 is 12.3. The van der Waals surface area contributed by atoms with Gasteiger partial charge in [-0.1, -0.05) is 23.8 Å². The highest BCUT2D eigenvalue weighted by Crippen LogP contribution is 2.28. The molecule has 1 amide bonds. The zero-order chi connectivity index (χ0) is 17.5. The molecule has 0 saturated carbocycles. The summed E-state index contributed by atoms with van der Waals surface area (Å²) in [6.45, 7) is 4.06. The number of halogens is 2. The van der Waals surface area contributed by atoms with E-state index in [1.165, 1.54) is 29.7 Å². The Labute approximate surface area is 153 Å². The minimum absolute atomic E-state index is 0.133. The van der Waals surface area contributed by atoms with Gasteiger partial charge >= 0.3 is 0 Å². The van der Waals surface area contributed by atoms with Crippen molar-refractivity contribution in [3.05, 3.63) is 40.1 Å². The summed E-state index contributed by atoms with van der Waals surface area (Å²) in [5.41, 5.74) is 0.412. The Hall–Kier alpha value is -1.57. The number of thiocarbonyl (C=S) groups is 1. The lowest BCUT2D eigenvalue weighted by molar-refractivity contribution is 0.0950. The number of rotatable bonds is 3. The van der Waals surface area contributed by atoms with Crippen LogP contribution in [0.25, 0.3) is 10.6 Å². The Morgan fingerprint density at radius 3 is 2.88 bits per heavy atom. The van der Waals surface area contributed by atoms with E-state index in [0.717, 1.165) is 6.42 Å². The first-order valence-electron chi connectivity index (χ1n) is 7.29. The number of carbonyl (C=O) groups is 1. The highest BCUT2D eigenvalue weighted by atomic mass is 35.5. The van der Waals surface area contributed by atoms with Crippen molar-refractivity contribution in [2.45, 2.75) is 31.8 Å². The van der Waals surface area contributed by atoms with Crippen molar-refractivity contribution < 1.29 is 9.18 Å². The maximum Gasteiger partial charge on any atom is 0.263 e. The van der Waals surface area contributed by atoms with Gasteiger partial charge in [0.1, 0.15) is 15.7 Å². The normalized spacial score (nSPS) is 19.2. The van der Waals surface area contributed by atoms with Crippen LogP contribution in [0.1, 0.15) is 29.9 Å². The van der Waals surface area contributed by atoms with Gasteiger partial charge < -0.3 is 10.6 Å². The largest absolute Gasteiger partial charge is 0.373 e. The molecule has 1 saturated heterocycles. The number of carbonyl (C=O) groups excluding carboxylic acids is 1. The summed E-state index contributed by atoms with van der Waals surface area (Å²) in [5, 5.41) is 6.93. The molecule has 0 aliphatic carbocycles. The summed E-state index contributed by atoms with van der Waals surface area (Å²) < 4.78 is 13.5. The molecular formula is C16H15ClFN3OS2. The number of aromatic nitrogens is 1. The fourth-order valence-electron chi connectivity index (χ4n) is 2.61. The first-order valence-corrected chi connectivity index (χ1v) is 8.89. The molecule has 126 valence electrons. The van der Waals surface area contributed by atoms with Crippen molar-refractivity contribution in [2.24, 2.45) is 0 Å². The molecule has 2 N–H and O–H groups in total. The predicted octanol–water partition coefficient (Wildman–Crippen LogP) is 3.80. The Bertz CT molecular complexity index is 801. The molecule has 8 heteroatoms. The quantitative estimate of drug-likeness (QED) is 0.791. The van der Waals surface area contributed by atoms with E-state index in [2.05, 4.69) is 15.6 Å². The van der Waals surface area contributed by atoms with Crippen LogP contribution >= 0.6 is 35.2 Å². The fourth-order valence-corrected chi connectivity index (χ4v) is 4.06. The van der Waals surface area contributed by atoms with Crippen molar-refractivity contribution >= 4 is 46.1 Å². The molecule has 0 radical (unpaired) electrons. The van der Waals surface area contributed by atoms with Gasteiger partial charge in [-0.2, -0.15) is 0 Å². The van der Waals surface area contributed by atoms with Crippen molar-refractivity contribution in [3.63, 3.8) is 0 Å². The van der Waals surface area contributed by atoms with E-state index in [9.17, 15) is 9.18 Å². The van der Waals surface area contributed by atoms with Gasteiger partial charge in [0.05, 0.1) is 17.2 Å². The molecule has 0 spiro atoms. The standard InChI is InChI=1S/C16H15ClFN3OS2/c1-16(2)6-11(14(23)21-16)20-13(22)12-7-19-15(24-12)8-3-9(17)5-10(18)4-8/h3-5,7,11H,6H2,1-2H3,(H,20,22)(H,21,23)/t11-/m0/s1. The topological polar surface area (TPSA) is 54.0 Å². The highest BCUT2D eigenvalue weighted by molar-refractivity contribution is 7.80. The molecule has 2 heterocycles. The van der Waals surface area contributed by atoms with Gasteiger partial charge in [-0.05, 0) is 38.5 Å². The summed E-state index contributed by atoms with van der Waals surface area (Å²) in [5.74, 6) is -0.684. The minimum atomic E-state index is -0.441. The van der Waals surface area contributed by atoms with E-state index in [4.69, 9.17) is 23.8 Å². The summed E-state index contributed by atoms with van der Waals surface area (Å²) in [6, 6.07) is 3.98. The molecular weight excluding hydrogens is 369 g/mol. The van der Waals surface area contributed by atoms with Crippen LogP contribution in [0.3, 0.4) is 0 Å². The molecule has 24 heavy (non-hydrogen) atoms. The SMILES string of the molecule is CC1(C)C[C@H](NC(=O)c2cnc(-c3cc(F)cc(Cl)c3)s2)C(=S)N1. The lowest BCUT2D eigenvalue weighted by Gasteiger charge is -2.16. The predicted molar refractivity (Wildman–Crippen MR) is 98.2 cm³/mol. The minimum Gasteiger partial charge on any atom is -0.373 e. The smallest absolute Gasteiger partial charge is 0.263 e. The molecule has 1 fully saturated rings. The second-order valence-electron chi connectivity index (χ2n) is 6.29. The third-order valence-electron chi connectivity index (χ3n) is 3.64. The van der Waals surface area contributed by atoms with Crippen LogP contribution in [-0.4, -0.2) is 27.5 Å². The van der Waals surface area contributed by atoms with Crippen molar-refractivity contribution in [1.82, 2.24) is 15.6 Å². The molecule has 2 aromatic rings. The van der Waals surface area contributed by atoms with E-state index < -0.39 is 5.82 Å².